The van der Waals surface area contributed by atoms with E-state index >= 15 is 0 Å². The molecular weight excluding hydrogens is 276 g/mol. The minimum atomic E-state index is -0.288. The van der Waals surface area contributed by atoms with Gasteiger partial charge in [0.1, 0.15) is 0 Å². The molecule has 0 unspecified atom stereocenters. The lowest BCUT2D eigenvalue weighted by Crippen LogP contribution is -2.30. The Morgan fingerprint density at radius 3 is 2.45 bits per heavy atom. The van der Waals surface area contributed by atoms with Crippen LogP contribution in [0.4, 0.5) is 10.5 Å². The molecule has 2 amide bonds. The standard InChI is InChI=1S/C18H22N2O2/c1-20(22-2)18(21)19-17-13-7-12-16(14-17)11-6-10-15-8-4-3-5-9-15/h3-5,7-9,12-14H,6,10-11H2,1-2H3,(H,19,21). The van der Waals surface area contributed by atoms with Gasteiger partial charge in [0.25, 0.3) is 0 Å². The summed E-state index contributed by atoms with van der Waals surface area (Å²) in [5, 5.41) is 3.96. The summed E-state index contributed by atoms with van der Waals surface area (Å²) in [4.78, 5) is 16.6. The fraction of sp³-hybridized carbons (Fsp3) is 0.278. The van der Waals surface area contributed by atoms with E-state index in [0.717, 1.165) is 30.0 Å². The lowest BCUT2D eigenvalue weighted by atomic mass is 10.0. The molecule has 0 fully saturated rings. The van der Waals surface area contributed by atoms with Crippen molar-refractivity contribution in [2.24, 2.45) is 0 Å². The van der Waals surface area contributed by atoms with Crippen molar-refractivity contribution in [3.63, 3.8) is 0 Å². The Balaban J connectivity index is 1.87. The number of anilines is 1. The number of urea groups is 1. The maximum Gasteiger partial charge on any atom is 0.345 e. The molecule has 0 spiro atoms. The third-order valence-corrected chi connectivity index (χ3v) is 3.51. The van der Waals surface area contributed by atoms with Gasteiger partial charge >= 0.3 is 6.03 Å². The van der Waals surface area contributed by atoms with Crippen LogP contribution in [0.3, 0.4) is 0 Å². The molecule has 4 heteroatoms. The van der Waals surface area contributed by atoms with Crippen LogP contribution in [0.15, 0.2) is 54.6 Å². The average molecular weight is 298 g/mol. The molecule has 0 heterocycles. The molecule has 0 aliphatic heterocycles. The van der Waals surface area contributed by atoms with Crippen molar-refractivity contribution >= 4 is 11.7 Å². The van der Waals surface area contributed by atoms with Crippen molar-refractivity contribution in [3.05, 3.63) is 65.7 Å². The molecule has 22 heavy (non-hydrogen) atoms. The van der Waals surface area contributed by atoms with Crippen LogP contribution in [0.2, 0.25) is 0 Å². The maximum atomic E-state index is 11.7. The van der Waals surface area contributed by atoms with Gasteiger partial charge in [0.15, 0.2) is 0 Å². The van der Waals surface area contributed by atoms with Crippen molar-refractivity contribution in [2.75, 3.05) is 19.5 Å². The summed E-state index contributed by atoms with van der Waals surface area (Å²) in [6.45, 7) is 0. The Hall–Kier alpha value is -2.33. The zero-order valence-electron chi connectivity index (χ0n) is 13.1. The Bertz CT molecular complexity index is 599. The van der Waals surface area contributed by atoms with E-state index in [9.17, 15) is 4.79 Å². The van der Waals surface area contributed by atoms with Crippen molar-refractivity contribution in [2.45, 2.75) is 19.3 Å². The van der Waals surface area contributed by atoms with Crippen LogP contribution in [-0.2, 0) is 17.7 Å². The van der Waals surface area contributed by atoms with Crippen LogP contribution in [0, 0.1) is 0 Å². The molecule has 116 valence electrons. The second-order valence-corrected chi connectivity index (χ2v) is 5.15. The SMILES string of the molecule is CON(C)C(=O)Nc1cccc(CCCc2ccccc2)c1. The van der Waals surface area contributed by atoms with E-state index in [2.05, 4.69) is 35.6 Å². The van der Waals surface area contributed by atoms with Gasteiger partial charge < -0.3 is 5.32 Å². The van der Waals surface area contributed by atoms with Crippen molar-refractivity contribution in [1.29, 1.82) is 0 Å². The van der Waals surface area contributed by atoms with E-state index in [1.54, 1.807) is 7.05 Å². The maximum absolute atomic E-state index is 11.7. The smallest absolute Gasteiger partial charge is 0.306 e. The normalized spacial score (nSPS) is 10.3. The summed E-state index contributed by atoms with van der Waals surface area (Å²) in [7, 11) is 3.03. The van der Waals surface area contributed by atoms with Gasteiger partial charge in [-0.3, -0.25) is 4.84 Å². The Labute approximate surface area is 131 Å². The molecule has 0 saturated heterocycles. The molecule has 0 aliphatic rings. The minimum Gasteiger partial charge on any atom is -0.306 e. The second kappa shape index (κ2) is 8.20. The first-order valence-electron chi connectivity index (χ1n) is 7.40. The van der Waals surface area contributed by atoms with Gasteiger partial charge in [-0.05, 0) is 42.5 Å². The van der Waals surface area contributed by atoms with E-state index in [1.165, 1.54) is 18.2 Å². The van der Waals surface area contributed by atoms with Crippen LogP contribution >= 0.6 is 0 Å². The fourth-order valence-electron chi connectivity index (χ4n) is 2.23. The van der Waals surface area contributed by atoms with Gasteiger partial charge in [-0.1, -0.05) is 42.5 Å². The van der Waals surface area contributed by atoms with Crippen LogP contribution in [0.5, 0.6) is 0 Å². The Morgan fingerprint density at radius 2 is 1.73 bits per heavy atom. The predicted molar refractivity (Wildman–Crippen MR) is 88.7 cm³/mol. The van der Waals surface area contributed by atoms with Gasteiger partial charge in [0.2, 0.25) is 0 Å². The molecule has 4 nitrogen and oxygen atoms in total. The molecule has 0 radical (unpaired) electrons. The number of benzene rings is 2. The third kappa shape index (κ3) is 4.90. The van der Waals surface area contributed by atoms with Crippen LogP contribution in [0.25, 0.3) is 0 Å². The number of aryl methyl sites for hydroxylation is 2. The van der Waals surface area contributed by atoms with Crippen molar-refractivity contribution < 1.29 is 9.63 Å². The predicted octanol–water partition coefficient (Wildman–Crippen LogP) is 3.89. The quantitative estimate of drug-likeness (QED) is 0.822. The fourth-order valence-corrected chi connectivity index (χ4v) is 2.23. The first-order valence-corrected chi connectivity index (χ1v) is 7.40. The highest BCUT2D eigenvalue weighted by Crippen LogP contribution is 2.14. The van der Waals surface area contributed by atoms with Crippen molar-refractivity contribution in [3.8, 4) is 0 Å². The van der Waals surface area contributed by atoms with Crippen LogP contribution in [0.1, 0.15) is 17.5 Å². The molecule has 2 aromatic carbocycles. The molecule has 0 aliphatic carbocycles. The van der Waals surface area contributed by atoms with E-state index in [-0.39, 0.29) is 6.03 Å². The topological polar surface area (TPSA) is 41.6 Å². The van der Waals surface area contributed by atoms with E-state index in [4.69, 9.17) is 4.84 Å². The monoisotopic (exact) mass is 298 g/mol. The summed E-state index contributed by atoms with van der Waals surface area (Å²) in [6.07, 6.45) is 3.13. The third-order valence-electron chi connectivity index (χ3n) is 3.51. The molecule has 2 aromatic rings. The van der Waals surface area contributed by atoms with Gasteiger partial charge in [-0.2, -0.15) is 0 Å². The Morgan fingerprint density at radius 1 is 1.05 bits per heavy atom. The van der Waals surface area contributed by atoms with Crippen LogP contribution in [-0.4, -0.2) is 25.3 Å². The van der Waals surface area contributed by atoms with E-state index in [0.29, 0.717) is 0 Å². The Kier molecular flexibility index (Phi) is 5.98. The van der Waals surface area contributed by atoms with Gasteiger partial charge in [-0.25, -0.2) is 9.86 Å². The van der Waals surface area contributed by atoms with Gasteiger partial charge in [-0.15, -0.1) is 0 Å². The molecule has 0 saturated carbocycles. The van der Waals surface area contributed by atoms with E-state index < -0.39 is 0 Å². The largest absolute Gasteiger partial charge is 0.345 e. The number of amides is 2. The number of carbonyl (C=O) groups excluding carboxylic acids is 1. The lowest BCUT2D eigenvalue weighted by Gasteiger charge is -2.15. The zero-order valence-corrected chi connectivity index (χ0v) is 13.1. The minimum absolute atomic E-state index is 0.288. The summed E-state index contributed by atoms with van der Waals surface area (Å²) in [6, 6.07) is 18.1. The summed E-state index contributed by atoms with van der Waals surface area (Å²) in [5.41, 5.74) is 3.36. The van der Waals surface area contributed by atoms with E-state index in [1.807, 2.05) is 24.3 Å². The lowest BCUT2D eigenvalue weighted by molar-refractivity contribution is -0.0598. The second-order valence-electron chi connectivity index (χ2n) is 5.15. The highest BCUT2D eigenvalue weighted by atomic mass is 16.7. The molecular formula is C18H22N2O2. The number of hydrogen-bond acceptors (Lipinski definition) is 2. The van der Waals surface area contributed by atoms with Crippen LogP contribution < -0.4 is 5.32 Å². The molecule has 0 bridgehead atoms. The first kappa shape index (κ1) is 16.0. The summed E-state index contributed by atoms with van der Waals surface area (Å²) < 4.78 is 0. The highest BCUT2D eigenvalue weighted by Gasteiger charge is 2.07. The summed E-state index contributed by atoms with van der Waals surface area (Å²) >= 11 is 0. The molecule has 0 aromatic heterocycles. The number of rotatable bonds is 6. The van der Waals surface area contributed by atoms with Crippen molar-refractivity contribution in [1.82, 2.24) is 5.06 Å². The average Bonchev–Trinajstić information content (AvgIpc) is 2.55. The number of hydrogen-bond donors (Lipinski definition) is 1. The number of nitrogens with one attached hydrogen (secondary N) is 1. The molecule has 1 N–H and O–H groups in total. The van der Waals surface area contributed by atoms with Gasteiger partial charge in [0.05, 0.1) is 7.11 Å². The molecule has 2 rings (SSSR count). The highest BCUT2D eigenvalue weighted by molar-refractivity contribution is 5.88. The first-order chi connectivity index (χ1) is 10.7. The molecule has 0 atom stereocenters. The summed E-state index contributed by atoms with van der Waals surface area (Å²) in [5.74, 6) is 0. The number of hydroxylamine groups is 2. The number of carbonyl (C=O) groups is 1. The van der Waals surface area contributed by atoms with Gasteiger partial charge in [0, 0.05) is 12.7 Å². The number of nitrogens with zero attached hydrogens (tertiary/aromatic N) is 1. The zero-order chi connectivity index (χ0) is 15.8.